The third-order valence-corrected chi connectivity index (χ3v) is 6.16. The minimum atomic E-state index is -0.960. The lowest BCUT2D eigenvalue weighted by atomic mass is 9.98. The Morgan fingerprint density at radius 1 is 0.914 bits per heavy atom. The van der Waals surface area contributed by atoms with Crippen molar-refractivity contribution in [2.75, 3.05) is 6.54 Å². The monoisotopic (exact) mass is 533 g/mol. The largest absolute Gasteiger partial charge is 0.486 e. The molecule has 0 fully saturated rings. The van der Waals surface area contributed by atoms with Crippen LogP contribution in [-0.2, 0) is 4.79 Å². The minimum absolute atomic E-state index is 0.0764. The zero-order chi connectivity index (χ0) is 25.5. The van der Waals surface area contributed by atoms with E-state index in [0.717, 1.165) is 23.1 Å². The zero-order valence-corrected chi connectivity index (χ0v) is 21.6. The molecule has 0 radical (unpaired) electrons. The standard InChI is InChI=1S/C27H26Cl3NO4/c1-16(2)13-25(17-3-5-18(6-4-17)27(34)31-12-11-26(32)33)35-20-8-10-22(24(30)15-20)21-9-7-19(28)14-23(21)29/h3-10,14-16,25H,11-13H2,1-2H3,(H,31,34)(H,32,33). The molecule has 0 spiro atoms. The second-order valence-corrected chi connectivity index (χ2v) is 9.77. The van der Waals surface area contributed by atoms with Crippen molar-refractivity contribution in [3.8, 4) is 16.9 Å². The van der Waals surface area contributed by atoms with Crippen molar-refractivity contribution in [2.24, 2.45) is 5.92 Å². The van der Waals surface area contributed by atoms with E-state index in [-0.39, 0.29) is 25.0 Å². The zero-order valence-electron chi connectivity index (χ0n) is 19.4. The second kappa shape index (κ2) is 12.3. The van der Waals surface area contributed by atoms with Crippen LogP contribution in [0, 0.1) is 5.92 Å². The number of carbonyl (C=O) groups is 2. The highest BCUT2D eigenvalue weighted by molar-refractivity contribution is 6.38. The van der Waals surface area contributed by atoms with Gasteiger partial charge < -0.3 is 15.2 Å². The SMILES string of the molecule is CC(C)CC(Oc1ccc(-c2ccc(Cl)cc2Cl)c(Cl)c1)c1ccc(C(=O)NCCC(=O)O)cc1. The third kappa shape index (κ3) is 7.63. The van der Waals surface area contributed by atoms with Gasteiger partial charge in [-0.3, -0.25) is 9.59 Å². The van der Waals surface area contributed by atoms with Gasteiger partial charge in [0.25, 0.3) is 5.91 Å². The van der Waals surface area contributed by atoms with Crippen molar-refractivity contribution in [1.82, 2.24) is 5.32 Å². The number of carboxylic acid groups (broad SMARTS) is 1. The Labute approximate surface area is 220 Å². The quantitative estimate of drug-likeness (QED) is 0.280. The molecule has 184 valence electrons. The Morgan fingerprint density at radius 2 is 1.54 bits per heavy atom. The number of halogens is 3. The lowest BCUT2D eigenvalue weighted by molar-refractivity contribution is -0.136. The molecule has 35 heavy (non-hydrogen) atoms. The molecule has 0 saturated heterocycles. The van der Waals surface area contributed by atoms with Crippen molar-refractivity contribution >= 4 is 46.7 Å². The number of benzene rings is 3. The number of aliphatic carboxylic acids is 1. The second-order valence-electron chi connectivity index (χ2n) is 8.52. The summed E-state index contributed by atoms with van der Waals surface area (Å²) in [6.45, 7) is 4.30. The lowest BCUT2D eigenvalue weighted by Gasteiger charge is -2.22. The fourth-order valence-electron chi connectivity index (χ4n) is 3.57. The average Bonchev–Trinajstić information content (AvgIpc) is 2.79. The molecule has 1 atom stereocenters. The van der Waals surface area contributed by atoms with Crippen molar-refractivity contribution in [1.29, 1.82) is 0 Å². The van der Waals surface area contributed by atoms with Gasteiger partial charge in [0, 0.05) is 33.3 Å². The average molecular weight is 535 g/mol. The Hall–Kier alpha value is -2.73. The number of carboxylic acids is 1. The Bertz CT molecular complexity index is 1200. The van der Waals surface area contributed by atoms with Gasteiger partial charge in [-0.1, -0.05) is 66.8 Å². The van der Waals surface area contributed by atoms with E-state index in [4.69, 9.17) is 44.6 Å². The predicted octanol–water partition coefficient (Wildman–Crippen LogP) is 7.68. The molecule has 8 heteroatoms. The molecule has 0 aromatic heterocycles. The van der Waals surface area contributed by atoms with Crippen LogP contribution >= 0.6 is 34.8 Å². The van der Waals surface area contributed by atoms with E-state index < -0.39 is 5.97 Å². The first-order chi connectivity index (χ1) is 16.6. The summed E-state index contributed by atoms with van der Waals surface area (Å²) in [4.78, 5) is 22.9. The highest BCUT2D eigenvalue weighted by Gasteiger charge is 2.18. The molecular weight excluding hydrogens is 509 g/mol. The van der Waals surface area contributed by atoms with Gasteiger partial charge in [0.05, 0.1) is 11.4 Å². The fraction of sp³-hybridized carbons (Fsp3) is 0.259. The van der Waals surface area contributed by atoms with Crippen LogP contribution in [0.2, 0.25) is 15.1 Å². The smallest absolute Gasteiger partial charge is 0.305 e. The van der Waals surface area contributed by atoms with Crippen LogP contribution in [-0.4, -0.2) is 23.5 Å². The van der Waals surface area contributed by atoms with Crippen molar-refractivity contribution in [3.63, 3.8) is 0 Å². The molecule has 1 amide bonds. The lowest BCUT2D eigenvalue weighted by Crippen LogP contribution is -2.26. The molecule has 0 aliphatic carbocycles. The summed E-state index contributed by atoms with van der Waals surface area (Å²) >= 11 is 18.9. The molecule has 3 aromatic carbocycles. The van der Waals surface area contributed by atoms with Crippen LogP contribution < -0.4 is 10.1 Å². The molecule has 5 nitrogen and oxygen atoms in total. The van der Waals surface area contributed by atoms with E-state index in [1.165, 1.54) is 0 Å². The van der Waals surface area contributed by atoms with Crippen LogP contribution in [0.1, 0.15) is 48.7 Å². The number of rotatable bonds is 10. The first-order valence-electron chi connectivity index (χ1n) is 11.2. The predicted molar refractivity (Wildman–Crippen MR) is 141 cm³/mol. The summed E-state index contributed by atoms with van der Waals surface area (Å²) in [5.41, 5.74) is 2.93. The van der Waals surface area contributed by atoms with E-state index in [0.29, 0.717) is 32.3 Å². The minimum Gasteiger partial charge on any atom is -0.486 e. The molecule has 0 aliphatic heterocycles. The maximum Gasteiger partial charge on any atom is 0.305 e. The van der Waals surface area contributed by atoms with Crippen molar-refractivity contribution in [2.45, 2.75) is 32.8 Å². The number of hydrogen-bond donors (Lipinski definition) is 2. The van der Waals surface area contributed by atoms with Crippen LogP contribution in [0.25, 0.3) is 11.1 Å². The molecule has 3 rings (SSSR count). The molecule has 3 aromatic rings. The number of nitrogens with one attached hydrogen (secondary N) is 1. The number of hydrogen-bond acceptors (Lipinski definition) is 3. The van der Waals surface area contributed by atoms with Crippen molar-refractivity contribution in [3.05, 3.63) is 86.9 Å². The Morgan fingerprint density at radius 3 is 2.11 bits per heavy atom. The van der Waals surface area contributed by atoms with Crippen LogP contribution in [0.4, 0.5) is 0 Å². The number of ether oxygens (including phenoxy) is 1. The topological polar surface area (TPSA) is 75.6 Å². The van der Waals surface area contributed by atoms with Gasteiger partial charge in [0.15, 0.2) is 0 Å². The van der Waals surface area contributed by atoms with Gasteiger partial charge in [0.1, 0.15) is 11.9 Å². The van der Waals surface area contributed by atoms with Gasteiger partial charge in [-0.25, -0.2) is 0 Å². The van der Waals surface area contributed by atoms with Gasteiger partial charge in [-0.15, -0.1) is 0 Å². The van der Waals surface area contributed by atoms with E-state index >= 15 is 0 Å². The molecule has 0 saturated carbocycles. The van der Waals surface area contributed by atoms with Crippen LogP contribution in [0.15, 0.2) is 60.7 Å². The fourth-order valence-corrected chi connectivity index (χ4v) is 4.36. The summed E-state index contributed by atoms with van der Waals surface area (Å²) in [6.07, 6.45) is 0.381. The number of amides is 1. The van der Waals surface area contributed by atoms with E-state index in [9.17, 15) is 9.59 Å². The van der Waals surface area contributed by atoms with Gasteiger partial charge in [0.2, 0.25) is 0 Å². The first-order valence-corrected chi connectivity index (χ1v) is 12.3. The van der Waals surface area contributed by atoms with E-state index in [2.05, 4.69) is 19.2 Å². The summed E-state index contributed by atoms with van der Waals surface area (Å²) in [6, 6.07) is 17.9. The highest BCUT2D eigenvalue weighted by Crippen LogP contribution is 2.38. The van der Waals surface area contributed by atoms with Gasteiger partial charge in [-0.2, -0.15) is 0 Å². The highest BCUT2D eigenvalue weighted by atomic mass is 35.5. The molecule has 2 N–H and O–H groups in total. The molecule has 1 unspecified atom stereocenters. The molecule has 0 bridgehead atoms. The normalized spacial score (nSPS) is 11.8. The maximum atomic E-state index is 12.2. The molecule has 0 aliphatic rings. The van der Waals surface area contributed by atoms with Gasteiger partial charge in [-0.05, 0) is 60.4 Å². The maximum absolute atomic E-state index is 12.2. The van der Waals surface area contributed by atoms with Crippen LogP contribution in [0.3, 0.4) is 0 Å². The van der Waals surface area contributed by atoms with Gasteiger partial charge >= 0.3 is 5.97 Å². The third-order valence-electron chi connectivity index (χ3n) is 5.29. The van der Waals surface area contributed by atoms with Crippen molar-refractivity contribution < 1.29 is 19.4 Å². The first kappa shape index (κ1) is 26.9. The number of carbonyl (C=O) groups excluding carboxylic acids is 1. The summed E-state index contributed by atoms with van der Waals surface area (Å²) < 4.78 is 6.32. The van der Waals surface area contributed by atoms with Crippen LogP contribution in [0.5, 0.6) is 5.75 Å². The summed E-state index contributed by atoms with van der Waals surface area (Å²) in [7, 11) is 0. The van der Waals surface area contributed by atoms with E-state index in [1.54, 1.807) is 30.3 Å². The molecular formula is C27H26Cl3NO4. The summed E-state index contributed by atoms with van der Waals surface area (Å²) in [5, 5.41) is 12.9. The Kier molecular flexibility index (Phi) is 9.44. The molecule has 0 heterocycles. The van der Waals surface area contributed by atoms with E-state index in [1.807, 2.05) is 30.3 Å². The summed E-state index contributed by atoms with van der Waals surface area (Å²) in [5.74, 6) is -0.298. The Balaban J connectivity index is 1.77.